The number of allylic oxidation sites excluding steroid dienone is 10. The van der Waals surface area contributed by atoms with E-state index >= 15 is 0 Å². The van der Waals surface area contributed by atoms with Gasteiger partial charge in [0.05, 0.1) is 43.0 Å². The quantitative estimate of drug-likeness (QED) is 0.0809. The van der Waals surface area contributed by atoms with Crippen LogP contribution in [0.25, 0.3) is 0 Å². The predicted molar refractivity (Wildman–Crippen MR) is 203 cm³/mol. The zero-order chi connectivity index (χ0) is 38.3. The van der Waals surface area contributed by atoms with Crippen molar-refractivity contribution in [2.24, 2.45) is 35.5 Å². The Bertz CT molecular complexity index is 1220. The highest BCUT2D eigenvalue weighted by Gasteiger charge is 2.57. The molecule has 51 heavy (non-hydrogen) atoms. The van der Waals surface area contributed by atoms with E-state index in [0.717, 1.165) is 12.8 Å². The molecule has 2 aliphatic rings. The largest absolute Gasteiger partial charge is 0.481 e. The third kappa shape index (κ3) is 13.2. The van der Waals surface area contributed by atoms with E-state index in [-0.39, 0.29) is 54.1 Å². The fourth-order valence-electron chi connectivity index (χ4n) is 7.73. The molecule has 290 valence electrons. The lowest BCUT2D eigenvalue weighted by atomic mass is 9.74. The molecular formula is C42H68O9. The molecule has 2 aliphatic heterocycles. The Morgan fingerprint density at radius 3 is 1.96 bits per heavy atom. The van der Waals surface area contributed by atoms with Crippen molar-refractivity contribution in [1.29, 1.82) is 0 Å². The number of carboxylic acids is 1. The highest BCUT2D eigenvalue weighted by atomic mass is 16.7. The van der Waals surface area contributed by atoms with E-state index in [1.165, 1.54) is 12.7 Å². The van der Waals surface area contributed by atoms with Gasteiger partial charge in [-0.05, 0) is 38.0 Å². The van der Waals surface area contributed by atoms with Crippen molar-refractivity contribution < 1.29 is 44.2 Å². The van der Waals surface area contributed by atoms with Gasteiger partial charge in [0.2, 0.25) is 0 Å². The van der Waals surface area contributed by atoms with Gasteiger partial charge in [-0.1, -0.05) is 121 Å². The molecule has 0 aromatic carbocycles. The molecule has 0 aliphatic carbocycles. The predicted octanol–water partition coefficient (Wildman–Crippen LogP) is 7.19. The number of carbonyl (C=O) groups is 1. The lowest BCUT2D eigenvalue weighted by Crippen LogP contribution is -2.65. The van der Waals surface area contributed by atoms with Crippen LogP contribution in [0.15, 0.2) is 72.4 Å². The zero-order valence-corrected chi connectivity index (χ0v) is 32.7. The Kier molecular flexibility index (Phi) is 19.3. The van der Waals surface area contributed by atoms with Crippen molar-refractivity contribution in [1.82, 2.24) is 0 Å². The van der Waals surface area contributed by atoms with Gasteiger partial charge in [0.1, 0.15) is 6.10 Å². The van der Waals surface area contributed by atoms with Crippen LogP contribution >= 0.6 is 0 Å². The molecule has 2 fully saturated rings. The molecule has 9 nitrogen and oxygen atoms in total. The Balaban J connectivity index is 2.10. The summed E-state index contributed by atoms with van der Waals surface area (Å²) in [5.41, 5.74) is 1.26. The highest BCUT2D eigenvalue weighted by Crippen LogP contribution is 2.47. The number of hydrogen-bond acceptors (Lipinski definition) is 8. The molecule has 14 atom stereocenters. The van der Waals surface area contributed by atoms with Gasteiger partial charge in [-0.25, -0.2) is 0 Å². The first-order chi connectivity index (χ1) is 24.1. The van der Waals surface area contributed by atoms with Gasteiger partial charge in [0.15, 0.2) is 5.79 Å². The van der Waals surface area contributed by atoms with Crippen LogP contribution in [-0.2, 0) is 23.7 Å². The standard InChI is InChI=1S/C42H68O9/c1-11-20-27(2)23-29(4)39(47)33(8)41-31(6)35(49-10)26-42(51-41)36(43)24-30(5)40(50-42)32(7)38(46)28(3)21-18-16-14-12-13-15-17-19-22-34(48-9)25-37(44)45/h12-22,28-36,38-41,43,46-47H,11,23-26H2,1-10H3,(H,44,45)/b13-12-,16-14+,17-15+,21-18-,22-19-,27-20+/t28-,29-,30+,31-,32+,33-,34+,35+,36+,38+,39-,40-,41-,42-/m0/s1. The number of methoxy groups -OCH3 is 2. The lowest BCUT2D eigenvalue weighted by Gasteiger charge is -2.56. The van der Waals surface area contributed by atoms with Crippen molar-refractivity contribution in [2.75, 3.05) is 14.2 Å². The number of rotatable bonds is 19. The molecule has 4 N–H and O–H groups in total. The van der Waals surface area contributed by atoms with Crippen molar-refractivity contribution >= 4 is 5.97 Å². The second-order valence-electron chi connectivity index (χ2n) is 15.0. The molecule has 2 heterocycles. The third-order valence-electron chi connectivity index (χ3n) is 10.9. The van der Waals surface area contributed by atoms with E-state index in [2.05, 4.69) is 33.8 Å². The smallest absolute Gasteiger partial charge is 0.306 e. The Morgan fingerprint density at radius 2 is 1.41 bits per heavy atom. The Hall–Kier alpha value is -2.37. The van der Waals surface area contributed by atoms with Gasteiger partial charge < -0.3 is 39.4 Å². The van der Waals surface area contributed by atoms with Crippen molar-refractivity contribution in [3.63, 3.8) is 0 Å². The molecule has 0 aromatic rings. The van der Waals surface area contributed by atoms with Crippen molar-refractivity contribution in [3.05, 3.63) is 72.4 Å². The van der Waals surface area contributed by atoms with Gasteiger partial charge in [-0.2, -0.15) is 0 Å². The molecule has 0 amide bonds. The molecule has 2 rings (SSSR count). The fourth-order valence-corrected chi connectivity index (χ4v) is 7.73. The van der Waals surface area contributed by atoms with Crippen LogP contribution in [0.5, 0.6) is 0 Å². The maximum atomic E-state index is 11.5. The number of carboxylic acid groups (broad SMARTS) is 1. The molecule has 1 spiro atoms. The lowest BCUT2D eigenvalue weighted by molar-refractivity contribution is -0.391. The molecule has 0 unspecified atom stereocenters. The van der Waals surface area contributed by atoms with Crippen molar-refractivity contribution in [3.8, 4) is 0 Å². The molecule has 0 aromatic heterocycles. The van der Waals surface area contributed by atoms with Crippen LogP contribution in [0.3, 0.4) is 0 Å². The minimum atomic E-state index is -1.30. The summed E-state index contributed by atoms with van der Waals surface area (Å²) in [6.45, 7) is 16.4. The van der Waals surface area contributed by atoms with Crippen LogP contribution < -0.4 is 0 Å². The minimum Gasteiger partial charge on any atom is -0.481 e. The first-order valence-electron chi connectivity index (χ1n) is 18.8. The number of ether oxygens (including phenoxy) is 4. The van der Waals surface area contributed by atoms with Crippen molar-refractivity contribution in [2.45, 2.75) is 136 Å². The van der Waals surface area contributed by atoms with Gasteiger partial charge in [0.25, 0.3) is 0 Å². The maximum Gasteiger partial charge on any atom is 0.306 e. The summed E-state index contributed by atoms with van der Waals surface area (Å²) in [5, 5.41) is 43.4. The topological polar surface area (TPSA) is 135 Å². The Morgan fingerprint density at radius 1 is 0.863 bits per heavy atom. The van der Waals surface area contributed by atoms with E-state index in [1.807, 2.05) is 70.2 Å². The Labute approximate surface area is 307 Å². The van der Waals surface area contributed by atoms with E-state index in [4.69, 9.17) is 24.1 Å². The average molecular weight is 717 g/mol. The van der Waals surface area contributed by atoms with Crippen LogP contribution in [0.4, 0.5) is 0 Å². The van der Waals surface area contributed by atoms with Gasteiger partial charge in [-0.3, -0.25) is 4.79 Å². The molecule has 0 radical (unpaired) electrons. The second kappa shape index (κ2) is 22.0. The van der Waals surface area contributed by atoms with E-state index in [9.17, 15) is 20.1 Å². The fraction of sp³-hybridized carbons (Fsp3) is 0.690. The number of aliphatic hydroxyl groups is 3. The normalized spacial score (nSPS) is 32.3. The number of hydrogen-bond donors (Lipinski definition) is 4. The summed E-state index contributed by atoms with van der Waals surface area (Å²) >= 11 is 0. The van der Waals surface area contributed by atoms with Crippen LogP contribution in [0.2, 0.25) is 0 Å². The minimum absolute atomic E-state index is 0.0179. The molecule has 2 saturated heterocycles. The second-order valence-corrected chi connectivity index (χ2v) is 15.0. The first kappa shape index (κ1) is 44.8. The van der Waals surface area contributed by atoms with Crippen LogP contribution in [0, 0.1) is 35.5 Å². The highest BCUT2D eigenvalue weighted by molar-refractivity contribution is 5.67. The summed E-state index contributed by atoms with van der Waals surface area (Å²) in [6, 6.07) is 0. The van der Waals surface area contributed by atoms with Gasteiger partial charge in [0, 0.05) is 44.3 Å². The first-order valence-corrected chi connectivity index (χ1v) is 18.8. The van der Waals surface area contributed by atoms with E-state index in [0.29, 0.717) is 12.8 Å². The number of aliphatic carboxylic acids is 1. The monoisotopic (exact) mass is 716 g/mol. The maximum absolute atomic E-state index is 11.5. The third-order valence-corrected chi connectivity index (χ3v) is 10.9. The van der Waals surface area contributed by atoms with Gasteiger partial charge >= 0.3 is 5.97 Å². The van der Waals surface area contributed by atoms with E-state index in [1.54, 1.807) is 25.3 Å². The summed E-state index contributed by atoms with van der Waals surface area (Å²) in [5.74, 6) is -2.87. The van der Waals surface area contributed by atoms with E-state index < -0.39 is 42.3 Å². The number of aliphatic hydroxyl groups excluding tert-OH is 3. The summed E-state index contributed by atoms with van der Waals surface area (Å²) < 4.78 is 24.7. The molecule has 0 saturated carbocycles. The zero-order valence-electron chi connectivity index (χ0n) is 32.7. The van der Waals surface area contributed by atoms with Crippen LogP contribution in [-0.4, -0.2) is 89.1 Å². The van der Waals surface area contributed by atoms with Gasteiger partial charge in [-0.15, -0.1) is 0 Å². The van der Waals surface area contributed by atoms with Crippen LogP contribution in [0.1, 0.15) is 87.5 Å². The summed E-state index contributed by atoms with van der Waals surface area (Å²) in [4.78, 5) is 10.8. The summed E-state index contributed by atoms with van der Waals surface area (Å²) in [6.07, 6.45) is 19.5. The molecule has 0 bridgehead atoms. The SMILES string of the molecule is CC/C=C(\C)C[C@H](C)[C@H](O)[C@H](C)[C@H]1O[C@]2(C[C@@H](OC)[C@@H]1C)O[C@H]([C@H](C)[C@H](O)[C@@H](C)\C=C/C=C/C=C\C=C\C=C/[C@H](CC(=O)O)OC)[C@H](C)C[C@H]2O. The molecular weight excluding hydrogens is 648 g/mol. The molecule has 9 heteroatoms. The summed E-state index contributed by atoms with van der Waals surface area (Å²) in [7, 11) is 3.16. The average Bonchev–Trinajstić information content (AvgIpc) is 3.09.